The molecule has 3 aromatic heterocycles. The highest BCUT2D eigenvalue weighted by Crippen LogP contribution is 2.15. The molecular formula is C9H7FN8S. The van der Waals surface area contributed by atoms with Gasteiger partial charge in [0.1, 0.15) is 0 Å². The first-order valence-corrected chi connectivity index (χ1v) is 6.32. The van der Waals surface area contributed by atoms with Gasteiger partial charge in [0.15, 0.2) is 16.8 Å². The van der Waals surface area contributed by atoms with Crippen LogP contribution in [0, 0.1) is 5.82 Å². The van der Waals surface area contributed by atoms with Crippen molar-refractivity contribution in [2.75, 3.05) is 12.0 Å². The highest BCUT2D eigenvalue weighted by molar-refractivity contribution is 7.98. The largest absolute Gasteiger partial charge is 0.368 e. The van der Waals surface area contributed by atoms with Crippen molar-refractivity contribution in [3.63, 3.8) is 0 Å². The SMILES string of the molecule is CSc1nc(N)n2nc(-c3ncc(F)cn3)nc2n1. The van der Waals surface area contributed by atoms with Crippen molar-refractivity contribution in [3.8, 4) is 11.6 Å². The third-order valence-corrected chi connectivity index (χ3v) is 2.76. The third kappa shape index (κ3) is 2.05. The fourth-order valence-corrected chi connectivity index (χ4v) is 1.76. The van der Waals surface area contributed by atoms with Gasteiger partial charge < -0.3 is 5.73 Å². The molecule has 3 rings (SSSR count). The van der Waals surface area contributed by atoms with E-state index in [1.807, 2.05) is 6.26 Å². The summed E-state index contributed by atoms with van der Waals surface area (Å²) in [5.41, 5.74) is 5.74. The van der Waals surface area contributed by atoms with Gasteiger partial charge in [-0.25, -0.2) is 14.4 Å². The molecule has 96 valence electrons. The predicted octanol–water partition coefficient (Wildman–Crippen LogP) is 0.419. The molecule has 0 unspecified atom stereocenters. The maximum absolute atomic E-state index is 12.8. The van der Waals surface area contributed by atoms with Crippen molar-refractivity contribution in [2.24, 2.45) is 0 Å². The Morgan fingerprint density at radius 3 is 2.58 bits per heavy atom. The topological polar surface area (TPSA) is 108 Å². The van der Waals surface area contributed by atoms with E-state index in [4.69, 9.17) is 5.73 Å². The molecule has 0 aliphatic rings. The maximum Gasteiger partial charge on any atom is 0.258 e. The Hall–Kier alpha value is -2.36. The fourth-order valence-electron chi connectivity index (χ4n) is 1.40. The lowest BCUT2D eigenvalue weighted by molar-refractivity contribution is 0.614. The van der Waals surface area contributed by atoms with Crippen LogP contribution in [0.2, 0.25) is 0 Å². The van der Waals surface area contributed by atoms with E-state index in [1.165, 1.54) is 16.3 Å². The second-order valence-corrected chi connectivity index (χ2v) is 4.21. The van der Waals surface area contributed by atoms with Crippen LogP contribution in [0.5, 0.6) is 0 Å². The summed E-state index contributed by atoms with van der Waals surface area (Å²) < 4.78 is 14.0. The summed E-state index contributed by atoms with van der Waals surface area (Å²) in [4.78, 5) is 19.9. The van der Waals surface area contributed by atoms with Crippen LogP contribution in [0.25, 0.3) is 17.4 Å². The zero-order valence-electron chi connectivity index (χ0n) is 9.65. The Balaban J connectivity index is 2.16. The Morgan fingerprint density at radius 1 is 1.16 bits per heavy atom. The van der Waals surface area contributed by atoms with Crippen molar-refractivity contribution in [3.05, 3.63) is 18.2 Å². The standard InChI is InChI=1S/C9H7FN8S/c1-19-9-15-7(11)18-8(16-9)14-6(17-18)5-12-2-4(10)3-13-5/h2-3H,1H3,(H2,11,14,15,16,17). The summed E-state index contributed by atoms with van der Waals surface area (Å²) in [6.45, 7) is 0. The van der Waals surface area contributed by atoms with E-state index in [0.717, 1.165) is 12.4 Å². The number of hydrogen-bond donors (Lipinski definition) is 1. The van der Waals surface area contributed by atoms with Gasteiger partial charge in [-0.3, -0.25) is 0 Å². The molecular weight excluding hydrogens is 271 g/mol. The second kappa shape index (κ2) is 4.39. The average Bonchev–Trinajstić information content (AvgIpc) is 2.84. The van der Waals surface area contributed by atoms with Crippen molar-refractivity contribution < 1.29 is 4.39 Å². The summed E-state index contributed by atoms with van der Waals surface area (Å²) in [7, 11) is 0. The van der Waals surface area contributed by atoms with E-state index in [1.54, 1.807) is 0 Å². The van der Waals surface area contributed by atoms with Gasteiger partial charge in [0.25, 0.3) is 5.78 Å². The molecule has 3 heterocycles. The van der Waals surface area contributed by atoms with Crippen molar-refractivity contribution in [1.82, 2.24) is 34.5 Å². The fraction of sp³-hybridized carbons (Fsp3) is 0.111. The molecule has 8 nitrogen and oxygen atoms in total. The smallest absolute Gasteiger partial charge is 0.258 e. The van der Waals surface area contributed by atoms with E-state index < -0.39 is 5.82 Å². The van der Waals surface area contributed by atoms with Crippen LogP contribution >= 0.6 is 11.8 Å². The predicted molar refractivity (Wildman–Crippen MR) is 65.8 cm³/mol. The van der Waals surface area contributed by atoms with Crippen LogP contribution < -0.4 is 5.73 Å². The molecule has 0 amide bonds. The molecule has 0 fully saturated rings. The van der Waals surface area contributed by atoms with Crippen LogP contribution in [0.1, 0.15) is 0 Å². The molecule has 0 saturated heterocycles. The minimum Gasteiger partial charge on any atom is -0.368 e. The molecule has 10 heteroatoms. The summed E-state index contributed by atoms with van der Waals surface area (Å²) >= 11 is 1.34. The molecule has 0 atom stereocenters. The van der Waals surface area contributed by atoms with Gasteiger partial charge in [0.05, 0.1) is 12.4 Å². The zero-order chi connectivity index (χ0) is 13.4. The number of fused-ring (bicyclic) bond motifs is 1. The lowest BCUT2D eigenvalue weighted by atomic mass is 10.5. The molecule has 2 N–H and O–H groups in total. The van der Waals surface area contributed by atoms with Crippen molar-refractivity contribution in [1.29, 1.82) is 0 Å². The van der Waals surface area contributed by atoms with Crippen LogP contribution in [0.15, 0.2) is 17.6 Å². The van der Waals surface area contributed by atoms with Crippen molar-refractivity contribution in [2.45, 2.75) is 5.16 Å². The summed E-state index contributed by atoms with van der Waals surface area (Å²) in [6, 6.07) is 0. The molecule has 0 aliphatic carbocycles. The normalized spacial score (nSPS) is 11.1. The number of nitrogens with zero attached hydrogens (tertiary/aromatic N) is 7. The first kappa shape index (κ1) is 11.7. The van der Waals surface area contributed by atoms with Gasteiger partial charge >= 0.3 is 0 Å². The third-order valence-electron chi connectivity index (χ3n) is 2.22. The van der Waals surface area contributed by atoms with Gasteiger partial charge in [-0.1, -0.05) is 11.8 Å². The van der Waals surface area contributed by atoms with E-state index >= 15 is 0 Å². The number of aromatic nitrogens is 7. The van der Waals surface area contributed by atoms with Crippen LogP contribution in [-0.4, -0.2) is 40.8 Å². The Morgan fingerprint density at radius 2 is 1.89 bits per heavy atom. The Labute approximate surface area is 110 Å². The molecule has 3 aromatic rings. The van der Waals surface area contributed by atoms with Crippen molar-refractivity contribution >= 4 is 23.5 Å². The quantitative estimate of drug-likeness (QED) is 0.672. The maximum atomic E-state index is 12.8. The number of hydrogen-bond acceptors (Lipinski definition) is 8. The average molecular weight is 278 g/mol. The molecule has 0 bridgehead atoms. The van der Waals surface area contributed by atoms with Crippen LogP contribution in [-0.2, 0) is 0 Å². The molecule has 0 spiro atoms. The lowest BCUT2D eigenvalue weighted by Gasteiger charge is -1.97. The molecule has 0 saturated carbocycles. The van der Waals surface area contributed by atoms with Gasteiger partial charge in [0, 0.05) is 0 Å². The zero-order valence-corrected chi connectivity index (χ0v) is 10.5. The number of nitrogen functional groups attached to an aromatic ring is 1. The number of halogens is 1. The number of anilines is 1. The second-order valence-electron chi connectivity index (χ2n) is 3.44. The van der Waals surface area contributed by atoms with E-state index in [9.17, 15) is 4.39 Å². The van der Waals surface area contributed by atoms with Gasteiger partial charge in [0.2, 0.25) is 11.8 Å². The van der Waals surface area contributed by atoms with E-state index in [2.05, 4.69) is 30.0 Å². The molecule has 0 radical (unpaired) electrons. The minimum absolute atomic E-state index is 0.162. The number of rotatable bonds is 2. The number of nitrogens with two attached hydrogens (primary N) is 1. The Bertz CT molecular complexity index is 740. The lowest BCUT2D eigenvalue weighted by Crippen LogP contribution is -2.04. The Kier molecular flexibility index (Phi) is 2.71. The van der Waals surface area contributed by atoms with Crippen LogP contribution in [0.3, 0.4) is 0 Å². The first-order chi connectivity index (χ1) is 9.17. The van der Waals surface area contributed by atoms with Crippen LogP contribution in [0.4, 0.5) is 10.3 Å². The van der Waals surface area contributed by atoms with E-state index in [-0.39, 0.29) is 17.6 Å². The summed E-state index contributed by atoms with van der Waals surface area (Å²) in [5, 5.41) is 4.58. The molecule has 0 aromatic carbocycles. The van der Waals surface area contributed by atoms with Gasteiger partial charge in [-0.15, -0.1) is 5.10 Å². The molecule has 19 heavy (non-hydrogen) atoms. The minimum atomic E-state index is -0.531. The highest BCUT2D eigenvalue weighted by atomic mass is 32.2. The first-order valence-electron chi connectivity index (χ1n) is 5.09. The summed E-state index contributed by atoms with van der Waals surface area (Å²) in [6.07, 6.45) is 3.90. The highest BCUT2D eigenvalue weighted by Gasteiger charge is 2.13. The van der Waals surface area contributed by atoms with Gasteiger partial charge in [-0.2, -0.15) is 19.5 Å². The monoisotopic (exact) mass is 278 g/mol. The van der Waals surface area contributed by atoms with Gasteiger partial charge in [-0.05, 0) is 6.26 Å². The summed E-state index contributed by atoms with van der Waals surface area (Å²) in [5.74, 6) is 0.322. The number of thioether (sulfide) groups is 1. The molecule has 0 aliphatic heterocycles. The van der Waals surface area contributed by atoms with E-state index in [0.29, 0.717) is 10.9 Å².